The van der Waals surface area contributed by atoms with Crippen LogP contribution in [0.25, 0.3) is 0 Å². The molecule has 7 heteroatoms. The summed E-state index contributed by atoms with van der Waals surface area (Å²) in [5.41, 5.74) is 5.81. The molecular weight excluding hydrogens is 238 g/mol. The summed E-state index contributed by atoms with van der Waals surface area (Å²) in [6.45, 7) is 5.28. The second-order valence-electron chi connectivity index (χ2n) is 3.68. The number of aryl methyl sites for hydroxylation is 1. The van der Waals surface area contributed by atoms with Crippen molar-refractivity contribution in [3.05, 3.63) is 11.5 Å². The summed E-state index contributed by atoms with van der Waals surface area (Å²) < 4.78 is 10.9. The van der Waals surface area contributed by atoms with Crippen molar-refractivity contribution in [2.45, 2.75) is 26.8 Å². The number of imidazole rings is 1. The molecule has 0 bridgehead atoms. The van der Waals surface area contributed by atoms with Gasteiger partial charge in [-0.05, 0) is 20.8 Å². The van der Waals surface area contributed by atoms with Gasteiger partial charge in [0.15, 0.2) is 5.69 Å². The van der Waals surface area contributed by atoms with Crippen LogP contribution in [0.4, 0.5) is 5.82 Å². The van der Waals surface area contributed by atoms with Gasteiger partial charge in [-0.25, -0.2) is 14.6 Å². The highest BCUT2D eigenvalue weighted by molar-refractivity contribution is 5.92. The van der Waals surface area contributed by atoms with Gasteiger partial charge in [0.2, 0.25) is 0 Å². The molecule has 7 nitrogen and oxygen atoms in total. The molecule has 0 aliphatic rings. The van der Waals surface area contributed by atoms with E-state index in [9.17, 15) is 9.59 Å². The number of aromatic nitrogens is 2. The predicted molar refractivity (Wildman–Crippen MR) is 64.1 cm³/mol. The summed E-state index contributed by atoms with van der Waals surface area (Å²) in [4.78, 5) is 27.1. The fraction of sp³-hybridized carbons (Fsp3) is 0.545. The van der Waals surface area contributed by atoms with E-state index < -0.39 is 18.0 Å². The minimum Gasteiger partial charge on any atom is -0.464 e. The van der Waals surface area contributed by atoms with E-state index >= 15 is 0 Å². The third-order valence-corrected chi connectivity index (χ3v) is 2.52. The molecule has 1 aromatic heterocycles. The van der Waals surface area contributed by atoms with Crippen LogP contribution >= 0.6 is 0 Å². The zero-order chi connectivity index (χ0) is 13.9. The molecule has 0 spiro atoms. The van der Waals surface area contributed by atoms with Crippen LogP contribution in [0.3, 0.4) is 0 Å². The minimum absolute atomic E-state index is 0.00569. The van der Waals surface area contributed by atoms with Crippen LogP contribution in [-0.4, -0.2) is 35.2 Å². The van der Waals surface area contributed by atoms with Crippen molar-refractivity contribution in [3.8, 4) is 0 Å². The highest BCUT2D eigenvalue weighted by atomic mass is 16.5. The summed E-state index contributed by atoms with van der Waals surface area (Å²) >= 11 is 0. The van der Waals surface area contributed by atoms with E-state index in [4.69, 9.17) is 10.5 Å². The monoisotopic (exact) mass is 255 g/mol. The van der Waals surface area contributed by atoms with Gasteiger partial charge in [-0.15, -0.1) is 0 Å². The van der Waals surface area contributed by atoms with Crippen molar-refractivity contribution in [3.63, 3.8) is 0 Å². The van der Waals surface area contributed by atoms with Gasteiger partial charge in [0.25, 0.3) is 0 Å². The number of methoxy groups -OCH3 is 1. The Labute approximate surface area is 105 Å². The minimum atomic E-state index is -0.643. The van der Waals surface area contributed by atoms with Crippen LogP contribution in [0.15, 0.2) is 0 Å². The summed E-state index contributed by atoms with van der Waals surface area (Å²) in [5.74, 6) is -0.514. The number of hydrogen-bond acceptors (Lipinski definition) is 6. The van der Waals surface area contributed by atoms with Gasteiger partial charge in [-0.2, -0.15) is 0 Å². The van der Waals surface area contributed by atoms with Gasteiger partial charge < -0.3 is 19.8 Å². The number of nitrogens with zero attached hydrogens (tertiary/aromatic N) is 2. The fourth-order valence-electron chi connectivity index (χ4n) is 1.67. The summed E-state index contributed by atoms with van der Waals surface area (Å²) in [5, 5.41) is 0. The molecule has 0 fully saturated rings. The van der Waals surface area contributed by atoms with Crippen LogP contribution in [0.1, 0.15) is 36.2 Å². The Morgan fingerprint density at radius 3 is 2.61 bits per heavy atom. The topological polar surface area (TPSA) is 96.4 Å². The van der Waals surface area contributed by atoms with E-state index in [2.05, 4.69) is 9.72 Å². The SMILES string of the molecule is CCOC(=O)C(C)n1c(C)nc(C(=O)OC)c1N. The number of esters is 2. The predicted octanol–water partition coefficient (Wildman–Crippen LogP) is 0.684. The zero-order valence-electron chi connectivity index (χ0n) is 10.9. The first kappa shape index (κ1) is 14.0. The smallest absolute Gasteiger partial charge is 0.360 e. The molecule has 0 aliphatic heterocycles. The van der Waals surface area contributed by atoms with E-state index in [1.54, 1.807) is 20.8 Å². The van der Waals surface area contributed by atoms with Crippen molar-refractivity contribution in [1.82, 2.24) is 9.55 Å². The van der Waals surface area contributed by atoms with Crippen molar-refractivity contribution >= 4 is 17.8 Å². The van der Waals surface area contributed by atoms with Crippen LogP contribution in [0, 0.1) is 6.92 Å². The fourth-order valence-corrected chi connectivity index (χ4v) is 1.67. The van der Waals surface area contributed by atoms with Gasteiger partial charge in [-0.3, -0.25) is 0 Å². The molecule has 0 saturated carbocycles. The van der Waals surface area contributed by atoms with E-state index in [0.717, 1.165) is 0 Å². The number of carbonyl (C=O) groups excluding carboxylic acids is 2. The maximum atomic E-state index is 11.7. The molecule has 1 unspecified atom stereocenters. The lowest BCUT2D eigenvalue weighted by Gasteiger charge is -2.15. The third-order valence-electron chi connectivity index (χ3n) is 2.52. The molecule has 0 amide bonds. The molecule has 1 rings (SSSR count). The number of hydrogen-bond donors (Lipinski definition) is 1. The molecule has 1 heterocycles. The van der Waals surface area contributed by atoms with Gasteiger partial charge in [0, 0.05) is 0 Å². The average Bonchev–Trinajstić information content (AvgIpc) is 2.63. The van der Waals surface area contributed by atoms with E-state index in [1.807, 2.05) is 0 Å². The van der Waals surface area contributed by atoms with Gasteiger partial charge in [-0.1, -0.05) is 0 Å². The number of anilines is 1. The second-order valence-corrected chi connectivity index (χ2v) is 3.68. The maximum absolute atomic E-state index is 11.7. The van der Waals surface area contributed by atoms with Gasteiger partial charge in [0.05, 0.1) is 13.7 Å². The highest BCUT2D eigenvalue weighted by Crippen LogP contribution is 2.21. The Bertz CT molecular complexity index is 467. The molecule has 1 atom stereocenters. The first-order valence-electron chi connectivity index (χ1n) is 5.53. The molecule has 1 aromatic rings. The molecule has 0 saturated heterocycles. The third kappa shape index (κ3) is 2.44. The van der Waals surface area contributed by atoms with Crippen molar-refractivity contribution in [2.75, 3.05) is 19.5 Å². The first-order chi connectivity index (χ1) is 8.43. The Morgan fingerprint density at radius 1 is 1.50 bits per heavy atom. The zero-order valence-corrected chi connectivity index (χ0v) is 10.9. The van der Waals surface area contributed by atoms with Gasteiger partial charge in [0.1, 0.15) is 17.7 Å². The van der Waals surface area contributed by atoms with Crippen LogP contribution < -0.4 is 5.73 Å². The van der Waals surface area contributed by atoms with Crippen LogP contribution in [-0.2, 0) is 14.3 Å². The molecule has 2 N–H and O–H groups in total. The van der Waals surface area contributed by atoms with E-state index in [0.29, 0.717) is 5.82 Å². The number of ether oxygens (including phenoxy) is 2. The molecule has 0 radical (unpaired) electrons. The van der Waals surface area contributed by atoms with Gasteiger partial charge >= 0.3 is 11.9 Å². The second kappa shape index (κ2) is 5.52. The normalized spacial score (nSPS) is 12.0. The first-order valence-corrected chi connectivity index (χ1v) is 5.53. The molecule has 0 aliphatic carbocycles. The van der Waals surface area contributed by atoms with Crippen molar-refractivity contribution in [2.24, 2.45) is 0 Å². The largest absolute Gasteiger partial charge is 0.464 e. The molecular formula is C11H17N3O4. The van der Waals surface area contributed by atoms with Crippen LogP contribution in [0.2, 0.25) is 0 Å². The average molecular weight is 255 g/mol. The Kier molecular flexibility index (Phi) is 4.30. The molecule has 0 aromatic carbocycles. The summed E-state index contributed by atoms with van der Waals surface area (Å²) in [6, 6.07) is -0.643. The quantitative estimate of drug-likeness (QED) is 0.795. The Hall–Kier alpha value is -2.05. The molecule has 18 heavy (non-hydrogen) atoms. The lowest BCUT2D eigenvalue weighted by Crippen LogP contribution is -2.21. The number of nitrogen functional groups attached to an aromatic ring is 1. The standard InChI is InChI=1S/C11H17N3O4/c1-5-18-10(15)6(2)14-7(3)13-8(9(14)12)11(16)17-4/h6H,5,12H2,1-4H3. The maximum Gasteiger partial charge on any atom is 0.360 e. The Balaban J connectivity index is 3.14. The number of carbonyl (C=O) groups is 2. The summed E-state index contributed by atoms with van der Waals surface area (Å²) in [6.07, 6.45) is 0. The lowest BCUT2D eigenvalue weighted by atomic mass is 10.3. The van der Waals surface area contributed by atoms with Crippen molar-refractivity contribution < 1.29 is 19.1 Å². The number of nitrogens with two attached hydrogens (primary N) is 1. The molecule has 100 valence electrons. The van der Waals surface area contributed by atoms with E-state index in [-0.39, 0.29) is 18.1 Å². The van der Waals surface area contributed by atoms with E-state index in [1.165, 1.54) is 11.7 Å². The highest BCUT2D eigenvalue weighted by Gasteiger charge is 2.26. The number of rotatable bonds is 4. The van der Waals surface area contributed by atoms with Crippen molar-refractivity contribution in [1.29, 1.82) is 0 Å². The Morgan fingerprint density at radius 2 is 2.11 bits per heavy atom. The summed E-state index contributed by atoms with van der Waals surface area (Å²) in [7, 11) is 1.24. The lowest BCUT2D eigenvalue weighted by molar-refractivity contribution is -0.146. The van der Waals surface area contributed by atoms with Crippen LogP contribution in [0.5, 0.6) is 0 Å².